The summed E-state index contributed by atoms with van der Waals surface area (Å²) in [5.41, 5.74) is 0. The van der Waals surface area contributed by atoms with Gasteiger partial charge >= 0.3 is 0 Å². The van der Waals surface area contributed by atoms with Crippen LogP contribution >= 0.6 is 11.6 Å². The van der Waals surface area contributed by atoms with Crippen LogP contribution in [0.2, 0.25) is 5.15 Å². The number of hydrogen-bond donors (Lipinski definition) is 0. The molecule has 0 fully saturated rings. The molecule has 1 aromatic rings. The normalized spacial score (nSPS) is 10.8. The van der Waals surface area contributed by atoms with Gasteiger partial charge in [0.05, 0.1) is 6.61 Å². The largest absolute Gasteiger partial charge is 0.488 e. The third-order valence-electron chi connectivity index (χ3n) is 2.05. The van der Waals surface area contributed by atoms with Crippen LogP contribution in [0.5, 0.6) is 5.75 Å². The van der Waals surface area contributed by atoms with Crippen molar-refractivity contribution in [1.29, 1.82) is 0 Å². The summed E-state index contributed by atoms with van der Waals surface area (Å²) in [6, 6.07) is 3.59. The third kappa shape index (κ3) is 5.33. The Bertz CT molecular complexity index is 305. The van der Waals surface area contributed by atoms with E-state index in [1.54, 1.807) is 18.3 Å². The number of aromatic nitrogens is 1. The summed E-state index contributed by atoms with van der Waals surface area (Å²) in [4.78, 5) is 3.92. The molecular formula is C12H18ClNO2. The standard InChI is InChI=1S/C12H18ClNO2/c1-10(2)5-7-15-8-9-16-11-4-3-6-14-12(11)13/h3-4,6,10H,5,7-9H2,1-2H3. The minimum atomic E-state index is 0.393. The lowest BCUT2D eigenvalue weighted by molar-refractivity contribution is 0.0925. The molecule has 0 saturated carbocycles. The number of hydrogen-bond acceptors (Lipinski definition) is 3. The monoisotopic (exact) mass is 243 g/mol. The van der Waals surface area contributed by atoms with E-state index in [9.17, 15) is 0 Å². The Morgan fingerprint density at radius 3 is 2.81 bits per heavy atom. The van der Waals surface area contributed by atoms with E-state index in [2.05, 4.69) is 18.8 Å². The predicted octanol–water partition coefficient (Wildman–Crippen LogP) is 3.18. The molecular weight excluding hydrogens is 226 g/mol. The van der Waals surface area contributed by atoms with Crippen molar-refractivity contribution >= 4 is 11.6 Å². The van der Waals surface area contributed by atoms with Crippen LogP contribution in [0.4, 0.5) is 0 Å². The summed E-state index contributed by atoms with van der Waals surface area (Å²) >= 11 is 5.83. The molecule has 0 aromatic carbocycles. The van der Waals surface area contributed by atoms with Crippen LogP contribution in [0.25, 0.3) is 0 Å². The van der Waals surface area contributed by atoms with Crippen LogP contribution in [-0.4, -0.2) is 24.8 Å². The fourth-order valence-electron chi connectivity index (χ4n) is 1.11. The smallest absolute Gasteiger partial charge is 0.171 e. The van der Waals surface area contributed by atoms with Gasteiger partial charge in [0.15, 0.2) is 10.9 Å². The van der Waals surface area contributed by atoms with Gasteiger partial charge in [0.2, 0.25) is 0 Å². The molecule has 0 aliphatic carbocycles. The van der Waals surface area contributed by atoms with Crippen molar-refractivity contribution in [3.63, 3.8) is 0 Å². The van der Waals surface area contributed by atoms with Crippen molar-refractivity contribution in [1.82, 2.24) is 4.98 Å². The number of rotatable bonds is 7. The third-order valence-corrected chi connectivity index (χ3v) is 2.33. The molecule has 0 spiro atoms. The van der Waals surface area contributed by atoms with Gasteiger partial charge in [-0.15, -0.1) is 0 Å². The Kier molecular flexibility index (Phi) is 6.19. The number of nitrogens with zero attached hydrogens (tertiary/aromatic N) is 1. The molecule has 1 heterocycles. The summed E-state index contributed by atoms with van der Waals surface area (Å²) in [7, 11) is 0. The zero-order chi connectivity index (χ0) is 11.8. The molecule has 3 nitrogen and oxygen atoms in total. The lowest BCUT2D eigenvalue weighted by Crippen LogP contribution is -2.09. The summed E-state index contributed by atoms with van der Waals surface area (Å²) in [5, 5.41) is 0.393. The Hall–Kier alpha value is -0.800. The van der Waals surface area contributed by atoms with E-state index >= 15 is 0 Å². The van der Waals surface area contributed by atoms with Gasteiger partial charge in [-0.2, -0.15) is 0 Å². The average Bonchev–Trinajstić information content (AvgIpc) is 2.25. The van der Waals surface area contributed by atoms with Gasteiger partial charge in [-0.3, -0.25) is 0 Å². The number of halogens is 1. The molecule has 1 aromatic heterocycles. The minimum absolute atomic E-state index is 0.393. The highest BCUT2D eigenvalue weighted by molar-refractivity contribution is 6.30. The molecule has 0 N–H and O–H groups in total. The first-order valence-corrected chi connectivity index (χ1v) is 5.89. The first-order valence-electron chi connectivity index (χ1n) is 5.51. The first kappa shape index (κ1) is 13.3. The molecule has 90 valence electrons. The summed E-state index contributed by atoms with van der Waals surface area (Å²) in [6.07, 6.45) is 2.71. The molecule has 0 aliphatic heterocycles. The maximum absolute atomic E-state index is 5.83. The predicted molar refractivity (Wildman–Crippen MR) is 65.0 cm³/mol. The Balaban J connectivity index is 2.10. The topological polar surface area (TPSA) is 31.4 Å². The number of pyridine rings is 1. The zero-order valence-electron chi connectivity index (χ0n) is 9.78. The molecule has 0 aliphatic rings. The van der Waals surface area contributed by atoms with E-state index < -0.39 is 0 Å². The maximum atomic E-state index is 5.83. The van der Waals surface area contributed by atoms with Gasteiger partial charge in [-0.25, -0.2) is 4.98 Å². The second-order valence-corrected chi connectivity index (χ2v) is 4.29. The van der Waals surface area contributed by atoms with E-state index in [4.69, 9.17) is 21.1 Å². The van der Waals surface area contributed by atoms with Crippen LogP contribution < -0.4 is 4.74 Å². The molecule has 0 bridgehead atoms. The second kappa shape index (κ2) is 7.47. The molecule has 0 saturated heterocycles. The average molecular weight is 244 g/mol. The van der Waals surface area contributed by atoms with Crippen LogP contribution in [0, 0.1) is 5.92 Å². The van der Waals surface area contributed by atoms with Crippen molar-refractivity contribution < 1.29 is 9.47 Å². The highest BCUT2D eigenvalue weighted by atomic mass is 35.5. The van der Waals surface area contributed by atoms with Crippen LogP contribution in [0.1, 0.15) is 20.3 Å². The van der Waals surface area contributed by atoms with E-state index in [1.807, 2.05) is 0 Å². The van der Waals surface area contributed by atoms with Crippen molar-refractivity contribution in [2.45, 2.75) is 20.3 Å². The van der Waals surface area contributed by atoms with E-state index in [1.165, 1.54) is 0 Å². The highest BCUT2D eigenvalue weighted by Crippen LogP contribution is 2.19. The summed E-state index contributed by atoms with van der Waals surface area (Å²) < 4.78 is 10.8. The second-order valence-electron chi connectivity index (χ2n) is 3.94. The molecule has 0 amide bonds. The van der Waals surface area contributed by atoms with Crippen molar-refractivity contribution in [2.75, 3.05) is 19.8 Å². The molecule has 0 radical (unpaired) electrons. The fourth-order valence-corrected chi connectivity index (χ4v) is 1.28. The first-order chi connectivity index (χ1) is 7.70. The SMILES string of the molecule is CC(C)CCOCCOc1cccnc1Cl. The highest BCUT2D eigenvalue weighted by Gasteiger charge is 2.00. The van der Waals surface area contributed by atoms with Crippen LogP contribution in [0.3, 0.4) is 0 Å². The van der Waals surface area contributed by atoms with E-state index in [0.29, 0.717) is 30.0 Å². The van der Waals surface area contributed by atoms with Gasteiger partial charge in [-0.05, 0) is 24.5 Å². The van der Waals surface area contributed by atoms with E-state index in [0.717, 1.165) is 13.0 Å². The minimum Gasteiger partial charge on any atom is -0.488 e. The maximum Gasteiger partial charge on any atom is 0.171 e. The molecule has 4 heteroatoms. The number of ether oxygens (including phenoxy) is 2. The quantitative estimate of drug-likeness (QED) is 0.545. The van der Waals surface area contributed by atoms with Gasteiger partial charge in [-0.1, -0.05) is 25.4 Å². The van der Waals surface area contributed by atoms with Crippen LogP contribution in [-0.2, 0) is 4.74 Å². The van der Waals surface area contributed by atoms with Crippen LogP contribution in [0.15, 0.2) is 18.3 Å². The molecule has 16 heavy (non-hydrogen) atoms. The lowest BCUT2D eigenvalue weighted by atomic mass is 10.1. The summed E-state index contributed by atoms with van der Waals surface area (Å²) in [6.45, 7) is 6.22. The van der Waals surface area contributed by atoms with Gasteiger partial charge in [0.25, 0.3) is 0 Å². The summed E-state index contributed by atoms with van der Waals surface area (Å²) in [5.74, 6) is 1.28. The van der Waals surface area contributed by atoms with E-state index in [-0.39, 0.29) is 0 Å². The van der Waals surface area contributed by atoms with Gasteiger partial charge in [0, 0.05) is 12.8 Å². The van der Waals surface area contributed by atoms with Crippen molar-refractivity contribution in [3.8, 4) is 5.75 Å². The van der Waals surface area contributed by atoms with Gasteiger partial charge < -0.3 is 9.47 Å². The van der Waals surface area contributed by atoms with Gasteiger partial charge in [0.1, 0.15) is 6.61 Å². The van der Waals surface area contributed by atoms with Crippen molar-refractivity contribution in [2.24, 2.45) is 5.92 Å². The Morgan fingerprint density at radius 1 is 1.31 bits per heavy atom. The van der Waals surface area contributed by atoms with Crippen molar-refractivity contribution in [3.05, 3.63) is 23.5 Å². The Morgan fingerprint density at radius 2 is 2.12 bits per heavy atom. The lowest BCUT2D eigenvalue weighted by Gasteiger charge is -2.08. The molecule has 0 atom stereocenters. The molecule has 0 unspecified atom stereocenters. The Labute approximate surface area is 102 Å². The fraction of sp³-hybridized carbons (Fsp3) is 0.583. The zero-order valence-corrected chi connectivity index (χ0v) is 10.5. The molecule has 1 rings (SSSR count).